The molecule has 1 N–H and O–H groups in total. The van der Waals surface area contributed by atoms with Crippen LogP contribution in [0.4, 0.5) is 0 Å². The zero-order chi connectivity index (χ0) is 21.7. The minimum Gasteiger partial charge on any atom is -0.452 e. The number of hydrogen-bond acceptors (Lipinski definition) is 5. The second-order valence-corrected chi connectivity index (χ2v) is 10.4. The van der Waals surface area contributed by atoms with Crippen molar-refractivity contribution in [2.24, 2.45) is 5.92 Å². The highest BCUT2D eigenvalue weighted by atomic mass is 32.2. The Labute approximate surface area is 179 Å². The first-order chi connectivity index (χ1) is 14.3. The molecule has 0 aromatic heterocycles. The van der Waals surface area contributed by atoms with E-state index in [0.29, 0.717) is 24.6 Å². The fourth-order valence-corrected chi connectivity index (χ4v) is 6.01. The van der Waals surface area contributed by atoms with Gasteiger partial charge in [-0.15, -0.1) is 0 Å². The Balaban J connectivity index is 1.63. The van der Waals surface area contributed by atoms with Crippen molar-refractivity contribution >= 4 is 21.9 Å². The van der Waals surface area contributed by atoms with Gasteiger partial charge < -0.3 is 10.1 Å². The quantitative estimate of drug-likeness (QED) is 0.692. The Hall–Kier alpha value is -1.93. The molecule has 7 nitrogen and oxygen atoms in total. The number of sulfonamides is 1. The first-order valence-corrected chi connectivity index (χ1v) is 12.3. The molecule has 0 bridgehead atoms. The van der Waals surface area contributed by atoms with E-state index in [9.17, 15) is 18.0 Å². The normalized spacial score (nSPS) is 23.0. The van der Waals surface area contributed by atoms with Crippen molar-refractivity contribution in [3.63, 3.8) is 0 Å². The largest absolute Gasteiger partial charge is 0.452 e. The third-order valence-electron chi connectivity index (χ3n) is 6.15. The molecule has 0 unspecified atom stereocenters. The number of carbonyl (C=O) groups excluding carboxylic acids is 2. The molecule has 1 aliphatic heterocycles. The van der Waals surface area contributed by atoms with Gasteiger partial charge in [0.15, 0.2) is 6.61 Å². The van der Waals surface area contributed by atoms with Crippen molar-refractivity contribution < 1.29 is 22.7 Å². The average molecular weight is 437 g/mol. The lowest BCUT2D eigenvalue weighted by Gasteiger charge is -2.29. The topological polar surface area (TPSA) is 92.8 Å². The summed E-state index contributed by atoms with van der Waals surface area (Å²) in [6, 6.07) is 4.62. The van der Waals surface area contributed by atoms with Crippen LogP contribution in [0.25, 0.3) is 0 Å². The maximum Gasteiger partial charge on any atom is 0.338 e. The lowest BCUT2D eigenvalue weighted by atomic mass is 9.86. The number of carbonyl (C=O) groups is 2. The van der Waals surface area contributed by atoms with Crippen LogP contribution in [-0.2, 0) is 19.6 Å². The molecule has 2 aliphatic rings. The van der Waals surface area contributed by atoms with Gasteiger partial charge in [0.05, 0.1) is 10.5 Å². The summed E-state index contributed by atoms with van der Waals surface area (Å²) in [7, 11) is -3.66. The lowest BCUT2D eigenvalue weighted by molar-refractivity contribution is -0.125. The van der Waals surface area contributed by atoms with Crippen LogP contribution in [0.3, 0.4) is 0 Å². The van der Waals surface area contributed by atoms with Crippen LogP contribution in [0.5, 0.6) is 0 Å². The van der Waals surface area contributed by atoms with Crippen LogP contribution in [0.15, 0.2) is 23.1 Å². The van der Waals surface area contributed by atoms with Gasteiger partial charge in [-0.05, 0) is 56.2 Å². The molecule has 0 spiro atoms. The van der Waals surface area contributed by atoms with Gasteiger partial charge in [0.25, 0.3) is 5.91 Å². The molecule has 166 valence electrons. The third kappa shape index (κ3) is 5.40. The summed E-state index contributed by atoms with van der Waals surface area (Å²) in [4.78, 5) is 24.8. The maximum absolute atomic E-state index is 13.0. The Morgan fingerprint density at radius 3 is 2.50 bits per heavy atom. The Morgan fingerprint density at radius 2 is 1.80 bits per heavy atom. The smallest absolute Gasteiger partial charge is 0.338 e. The first kappa shape index (κ1) is 22.7. The third-order valence-corrected chi connectivity index (χ3v) is 8.19. The Morgan fingerprint density at radius 1 is 1.10 bits per heavy atom. The summed E-state index contributed by atoms with van der Waals surface area (Å²) < 4.78 is 32.7. The standard InChI is InChI=1S/C22H32N2O5S/c1-16-8-4-5-9-19(16)23-21(25)15-29-22(26)18-11-10-17(2)20(14-18)30(27,28)24-12-6-3-7-13-24/h10-11,14,16,19H,3-9,12-13,15H2,1-2H3,(H,23,25)/t16-,19+/m1/s1. The fraction of sp³-hybridized carbons (Fsp3) is 0.636. The SMILES string of the molecule is Cc1ccc(C(=O)OCC(=O)N[C@H]2CCCC[C@H]2C)cc1S(=O)(=O)N1CCCCC1. The molecule has 1 saturated carbocycles. The minimum atomic E-state index is -3.66. The maximum atomic E-state index is 13.0. The van der Waals surface area contributed by atoms with E-state index in [1.165, 1.54) is 22.9 Å². The monoisotopic (exact) mass is 436 g/mol. The van der Waals surface area contributed by atoms with Gasteiger partial charge in [-0.25, -0.2) is 13.2 Å². The Kier molecular flexibility index (Phi) is 7.52. The summed E-state index contributed by atoms with van der Waals surface area (Å²) in [6.07, 6.45) is 7.01. The minimum absolute atomic E-state index is 0.116. The van der Waals surface area contributed by atoms with E-state index in [1.807, 2.05) is 0 Å². The molecule has 1 aromatic rings. The molecule has 1 heterocycles. The van der Waals surface area contributed by atoms with Crippen LogP contribution >= 0.6 is 0 Å². The number of hydrogen-bond donors (Lipinski definition) is 1. The second kappa shape index (κ2) is 9.92. The van der Waals surface area contributed by atoms with Gasteiger partial charge in [0.2, 0.25) is 10.0 Å². The van der Waals surface area contributed by atoms with Crippen molar-refractivity contribution in [3.8, 4) is 0 Å². The number of amides is 1. The van der Waals surface area contributed by atoms with Gasteiger partial charge >= 0.3 is 5.97 Å². The number of aryl methyl sites for hydroxylation is 1. The van der Waals surface area contributed by atoms with E-state index in [2.05, 4.69) is 12.2 Å². The highest BCUT2D eigenvalue weighted by molar-refractivity contribution is 7.89. The highest BCUT2D eigenvalue weighted by Gasteiger charge is 2.28. The van der Waals surface area contributed by atoms with Crippen LogP contribution in [-0.4, -0.2) is 50.3 Å². The van der Waals surface area contributed by atoms with Crippen molar-refractivity contribution in [1.82, 2.24) is 9.62 Å². The van der Waals surface area contributed by atoms with Crippen LogP contribution in [0.1, 0.15) is 67.8 Å². The molecule has 30 heavy (non-hydrogen) atoms. The fourth-order valence-electron chi connectivity index (χ4n) is 4.24. The van der Waals surface area contributed by atoms with Crippen LogP contribution in [0, 0.1) is 12.8 Å². The number of nitrogens with zero attached hydrogens (tertiary/aromatic N) is 1. The molecule has 2 atom stereocenters. The molecule has 8 heteroatoms. The summed E-state index contributed by atoms with van der Waals surface area (Å²) in [5, 5.41) is 2.94. The van der Waals surface area contributed by atoms with Gasteiger partial charge in [-0.2, -0.15) is 4.31 Å². The average Bonchev–Trinajstić information content (AvgIpc) is 2.74. The van der Waals surface area contributed by atoms with Crippen LogP contribution in [0.2, 0.25) is 0 Å². The summed E-state index contributed by atoms with van der Waals surface area (Å²) in [6.45, 7) is 4.45. The highest BCUT2D eigenvalue weighted by Crippen LogP contribution is 2.25. The van der Waals surface area contributed by atoms with E-state index in [1.54, 1.807) is 13.0 Å². The van der Waals surface area contributed by atoms with Crippen LogP contribution < -0.4 is 5.32 Å². The van der Waals surface area contributed by atoms with Crippen molar-refractivity contribution in [2.75, 3.05) is 19.7 Å². The molecular formula is C22H32N2O5S. The van der Waals surface area contributed by atoms with Gasteiger partial charge in [0.1, 0.15) is 0 Å². The molecule has 2 fully saturated rings. The summed E-state index contributed by atoms with van der Waals surface area (Å²) in [5.74, 6) is -0.606. The first-order valence-electron chi connectivity index (χ1n) is 10.9. The van der Waals surface area contributed by atoms with E-state index >= 15 is 0 Å². The predicted molar refractivity (Wildman–Crippen MR) is 114 cm³/mol. The van der Waals surface area contributed by atoms with Gasteiger partial charge in [0, 0.05) is 19.1 Å². The number of nitrogens with one attached hydrogen (secondary N) is 1. The lowest BCUT2D eigenvalue weighted by Crippen LogP contribution is -2.42. The number of benzene rings is 1. The Bertz CT molecular complexity index is 878. The van der Waals surface area contributed by atoms with Crippen molar-refractivity contribution in [3.05, 3.63) is 29.3 Å². The van der Waals surface area contributed by atoms with Crippen molar-refractivity contribution in [2.45, 2.75) is 69.7 Å². The molecule has 3 rings (SSSR count). The number of esters is 1. The summed E-state index contributed by atoms with van der Waals surface area (Å²) >= 11 is 0. The summed E-state index contributed by atoms with van der Waals surface area (Å²) in [5.41, 5.74) is 0.719. The number of ether oxygens (including phenoxy) is 1. The van der Waals surface area contributed by atoms with Gasteiger partial charge in [-0.3, -0.25) is 4.79 Å². The van der Waals surface area contributed by atoms with Crippen molar-refractivity contribution in [1.29, 1.82) is 0 Å². The molecule has 1 amide bonds. The molecule has 0 radical (unpaired) electrons. The number of piperidine rings is 1. The van der Waals surface area contributed by atoms with E-state index in [4.69, 9.17) is 4.74 Å². The van der Waals surface area contributed by atoms with E-state index in [-0.39, 0.29) is 29.0 Å². The zero-order valence-corrected chi connectivity index (χ0v) is 18.7. The molecule has 1 aliphatic carbocycles. The predicted octanol–water partition coefficient (Wildman–Crippen LogP) is 3.02. The second-order valence-electron chi connectivity index (χ2n) is 8.46. The number of rotatable bonds is 6. The van der Waals surface area contributed by atoms with Gasteiger partial charge in [-0.1, -0.05) is 32.3 Å². The van der Waals surface area contributed by atoms with E-state index < -0.39 is 16.0 Å². The molecule has 1 aromatic carbocycles. The zero-order valence-electron chi connectivity index (χ0n) is 17.9. The molecular weight excluding hydrogens is 404 g/mol. The van der Waals surface area contributed by atoms with E-state index in [0.717, 1.165) is 38.5 Å². The molecule has 1 saturated heterocycles.